The van der Waals surface area contributed by atoms with Crippen LogP contribution in [0.4, 0.5) is 15.9 Å². The van der Waals surface area contributed by atoms with Gasteiger partial charge in [0.15, 0.2) is 0 Å². The fourth-order valence-corrected chi connectivity index (χ4v) is 5.10. The Morgan fingerprint density at radius 2 is 1.76 bits per heavy atom. The zero-order valence-corrected chi connectivity index (χ0v) is 21.0. The number of nitrogens with zero attached hydrogens (tertiary/aromatic N) is 4. The van der Waals surface area contributed by atoms with E-state index < -0.39 is 32.8 Å². The highest BCUT2D eigenvalue weighted by Gasteiger charge is 2.26. The van der Waals surface area contributed by atoms with Crippen LogP contribution in [-0.4, -0.2) is 52.3 Å². The van der Waals surface area contributed by atoms with E-state index in [2.05, 4.69) is 15.3 Å². The maximum absolute atomic E-state index is 13.7. The zero-order valence-electron chi connectivity index (χ0n) is 20.2. The fourth-order valence-electron chi connectivity index (χ4n) is 3.92. The number of nitro groups is 1. The Hall–Kier alpha value is -4.49. The van der Waals surface area contributed by atoms with E-state index in [4.69, 9.17) is 0 Å². The van der Waals surface area contributed by atoms with Crippen LogP contribution in [0.15, 0.2) is 71.6 Å². The largest absolute Gasteiger partial charge is 0.478 e. The molecule has 0 bridgehead atoms. The SMILES string of the molecule is Cc1nc(N[C@H](CN(C)S(=O)(=O)c2ccc([N+](=O)[O-])cc2)c2ccc(F)cc2)c2cccc(C(=O)O)c2n1. The molecule has 1 atom stereocenters. The molecule has 3 aromatic carbocycles. The average molecular weight is 540 g/mol. The number of aryl methyl sites for hydroxylation is 1. The number of halogens is 1. The minimum absolute atomic E-state index is 0.0211. The van der Waals surface area contributed by atoms with E-state index in [9.17, 15) is 32.8 Å². The van der Waals surface area contributed by atoms with Gasteiger partial charge in [-0.2, -0.15) is 4.31 Å². The van der Waals surface area contributed by atoms with Crippen molar-refractivity contribution in [1.82, 2.24) is 14.3 Å². The molecule has 11 nitrogen and oxygen atoms in total. The molecule has 0 spiro atoms. The van der Waals surface area contributed by atoms with E-state index in [1.807, 2.05) is 0 Å². The maximum atomic E-state index is 13.7. The van der Waals surface area contributed by atoms with E-state index in [-0.39, 0.29) is 34.0 Å². The smallest absolute Gasteiger partial charge is 0.337 e. The molecule has 13 heteroatoms. The van der Waals surface area contributed by atoms with Crippen LogP contribution < -0.4 is 5.32 Å². The molecule has 0 saturated heterocycles. The normalized spacial score (nSPS) is 12.4. The number of rotatable bonds is 9. The summed E-state index contributed by atoms with van der Waals surface area (Å²) in [6, 6.07) is 13.8. The standard InChI is InChI=1S/C25H22FN5O6S/c1-15-27-23-20(4-3-5-21(23)25(32)33)24(28-15)29-22(16-6-8-17(26)9-7-16)14-30(2)38(36,37)19-12-10-18(11-13-19)31(34)35/h3-13,22H,14H2,1-2H3,(H,32,33)(H,27,28,29)/t22-/m1/s1. The summed E-state index contributed by atoms with van der Waals surface area (Å²) in [5, 5.41) is 24.1. The number of sulfonamides is 1. The van der Waals surface area contributed by atoms with Gasteiger partial charge in [0.1, 0.15) is 17.5 Å². The highest BCUT2D eigenvalue weighted by molar-refractivity contribution is 7.89. The first-order valence-electron chi connectivity index (χ1n) is 11.2. The lowest BCUT2D eigenvalue weighted by Gasteiger charge is -2.26. The fraction of sp³-hybridized carbons (Fsp3) is 0.160. The summed E-state index contributed by atoms with van der Waals surface area (Å²) in [7, 11) is -2.72. The molecule has 196 valence electrons. The van der Waals surface area contributed by atoms with Gasteiger partial charge in [-0.25, -0.2) is 27.6 Å². The number of aromatic carboxylic acids is 1. The average Bonchev–Trinajstić information content (AvgIpc) is 2.88. The molecule has 0 fully saturated rings. The van der Waals surface area contributed by atoms with Crippen molar-refractivity contribution < 1.29 is 27.6 Å². The second kappa shape index (κ2) is 10.5. The van der Waals surface area contributed by atoms with Gasteiger partial charge in [-0.3, -0.25) is 10.1 Å². The molecular formula is C25H22FN5O6S. The number of nitro benzene ring substituents is 1. The van der Waals surface area contributed by atoms with E-state index in [1.54, 1.807) is 19.1 Å². The van der Waals surface area contributed by atoms with E-state index in [0.717, 1.165) is 28.6 Å². The van der Waals surface area contributed by atoms with Gasteiger partial charge in [0.2, 0.25) is 10.0 Å². The number of carbonyl (C=O) groups is 1. The lowest BCUT2D eigenvalue weighted by atomic mass is 10.1. The Morgan fingerprint density at radius 3 is 2.37 bits per heavy atom. The molecular weight excluding hydrogens is 517 g/mol. The minimum Gasteiger partial charge on any atom is -0.478 e. The minimum atomic E-state index is -4.07. The van der Waals surface area contributed by atoms with Crippen LogP contribution in [0.2, 0.25) is 0 Å². The van der Waals surface area contributed by atoms with Crippen LogP contribution in [0.5, 0.6) is 0 Å². The van der Waals surface area contributed by atoms with Crippen molar-refractivity contribution >= 4 is 38.4 Å². The van der Waals surface area contributed by atoms with Gasteiger partial charge in [0, 0.05) is 31.1 Å². The summed E-state index contributed by atoms with van der Waals surface area (Å²) in [5.74, 6) is -1.08. The Bertz CT molecular complexity index is 1630. The first-order valence-corrected chi connectivity index (χ1v) is 12.6. The third-order valence-corrected chi connectivity index (χ3v) is 7.69. The summed E-state index contributed by atoms with van der Waals surface area (Å²) < 4.78 is 41.2. The number of aromatic nitrogens is 2. The summed E-state index contributed by atoms with van der Waals surface area (Å²) in [6.07, 6.45) is 0. The second-order valence-corrected chi connectivity index (χ2v) is 10.5. The van der Waals surface area contributed by atoms with Crippen molar-refractivity contribution in [2.45, 2.75) is 17.9 Å². The highest BCUT2D eigenvalue weighted by atomic mass is 32.2. The molecule has 0 aliphatic rings. The van der Waals surface area contributed by atoms with Crippen molar-refractivity contribution in [3.05, 3.63) is 99.6 Å². The molecule has 0 unspecified atom stereocenters. The molecule has 0 saturated carbocycles. The Labute approximate surface area is 216 Å². The number of nitrogens with one attached hydrogen (secondary N) is 1. The van der Waals surface area contributed by atoms with Crippen LogP contribution in [0.1, 0.15) is 27.8 Å². The first-order chi connectivity index (χ1) is 18.0. The third kappa shape index (κ3) is 5.43. The number of likely N-dealkylation sites (N-methyl/N-ethyl adjacent to an activating group) is 1. The monoisotopic (exact) mass is 539 g/mol. The number of anilines is 1. The summed E-state index contributed by atoms with van der Waals surface area (Å²) >= 11 is 0. The second-order valence-electron chi connectivity index (χ2n) is 8.41. The van der Waals surface area contributed by atoms with Crippen molar-refractivity contribution in [2.75, 3.05) is 18.9 Å². The Kier molecular flexibility index (Phi) is 7.32. The van der Waals surface area contributed by atoms with Gasteiger partial charge in [0.05, 0.1) is 26.9 Å². The lowest BCUT2D eigenvalue weighted by molar-refractivity contribution is -0.384. The number of non-ortho nitro benzene ring substituents is 1. The summed E-state index contributed by atoms with van der Waals surface area (Å²) in [4.78, 5) is 30.6. The third-order valence-electron chi connectivity index (χ3n) is 5.85. The molecule has 0 amide bonds. The van der Waals surface area contributed by atoms with Crippen LogP contribution in [-0.2, 0) is 10.0 Å². The van der Waals surface area contributed by atoms with Crippen molar-refractivity contribution in [3.63, 3.8) is 0 Å². The molecule has 0 aliphatic heterocycles. The van der Waals surface area contributed by atoms with Crippen LogP contribution in [0.3, 0.4) is 0 Å². The molecule has 1 aromatic heterocycles. The molecule has 4 aromatic rings. The van der Waals surface area contributed by atoms with Crippen molar-refractivity contribution in [1.29, 1.82) is 0 Å². The molecule has 1 heterocycles. The van der Waals surface area contributed by atoms with Gasteiger partial charge >= 0.3 is 5.97 Å². The number of carboxylic acids is 1. The zero-order chi connectivity index (χ0) is 27.6. The number of benzene rings is 3. The van der Waals surface area contributed by atoms with E-state index in [0.29, 0.717) is 16.8 Å². The van der Waals surface area contributed by atoms with E-state index in [1.165, 1.54) is 37.4 Å². The van der Waals surface area contributed by atoms with Crippen LogP contribution in [0, 0.1) is 22.9 Å². The molecule has 0 aliphatic carbocycles. The number of hydrogen-bond donors (Lipinski definition) is 2. The predicted molar refractivity (Wildman–Crippen MR) is 137 cm³/mol. The number of fused-ring (bicyclic) bond motifs is 1. The molecule has 2 N–H and O–H groups in total. The van der Waals surface area contributed by atoms with Crippen molar-refractivity contribution in [3.8, 4) is 0 Å². The lowest BCUT2D eigenvalue weighted by Crippen LogP contribution is -2.34. The van der Waals surface area contributed by atoms with Gasteiger partial charge in [-0.1, -0.05) is 18.2 Å². The predicted octanol–water partition coefficient (Wildman–Crippen LogP) is 4.16. The van der Waals surface area contributed by atoms with Crippen LogP contribution in [0.25, 0.3) is 10.9 Å². The Balaban J connectivity index is 1.73. The first kappa shape index (κ1) is 26.6. The molecule has 0 radical (unpaired) electrons. The number of para-hydroxylation sites is 1. The van der Waals surface area contributed by atoms with Gasteiger partial charge in [-0.15, -0.1) is 0 Å². The Morgan fingerprint density at radius 1 is 1.11 bits per heavy atom. The molecule has 38 heavy (non-hydrogen) atoms. The number of hydrogen-bond acceptors (Lipinski definition) is 8. The number of carboxylic acid groups (broad SMARTS) is 1. The maximum Gasteiger partial charge on any atom is 0.337 e. The quantitative estimate of drug-likeness (QED) is 0.235. The van der Waals surface area contributed by atoms with E-state index >= 15 is 0 Å². The summed E-state index contributed by atoms with van der Waals surface area (Å²) in [5.41, 5.74) is 0.479. The van der Waals surface area contributed by atoms with Crippen molar-refractivity contribution in [2.24, 2.45) is 0 Å². The van der Waals surface area contributed by atoms with Gasteiger partial charge in [-0.05, 0) is 48.9 Å². The highest BCUT2D eigenvalue weighted by Crippen LogP contribution is 2.29. The van der Waals surface area contributed by atoms with Gasteiger partial charge in [0.25, 0.3) is 5.69 Å². The summed E-state index contributed by atoms with van der Waals surface area (Å²) in [6.45, 7) is 1.45. The van der Waals surface area contributed by atoms with Crippen LogP contribution >= 0.6 is 0 Å². The topological polar surface area (TPSA) is 156 Å². The van der Waals surface area contributed by atoms with Gasteiger partial charge < -0.3 is 10.4 Å². The molecule has 4 rings (SSSR count).